The first kappa shape index (κ1) is 25.8. The molecule has 0 bridgehead atoms. The first-order valence-electron chi connectivity index (χ1n) is 11.7. The van der Waals surface area contributed by atoms with E-state index >= 15 is 0 Å². The molecule has 1 fully saturated rings. The summed E-state index contributed by atoms with van der Waals surface area (Å²) in [5, 5.41) is 6.87. The highest BCUT2D eigenvalue weighted by molar-refractivity contribution is 5.96. The Morgan fingerprint density at radius 1 is 1.34 bits per heavy atom. The Balaban J connectivity index is 0.00000114. The molecule has 5 nitrogen and oxygen atoms in total. The molecule has 176 valence electrons. The molecule has 1 atom stereocenters. The average molecular weight is 442 g/mol. The van der Waals surface area contributed by atoms with Crippen LogP contribution in [-0.4, -0.2) is 61.4 Å². The van der Waals surface area contributed by atoms with E-state index in [4.69, 9.17) is 4.99 Å². The Labute approximate surface area is 193 Å². The van der Waals surface area contributed by atoms with Crippen LogP contribution in [0.25, 0.3) is 5.57 Å². The third-order valence-electron chi connectivity index (χ3n) is 5.30. The Morgan fingerprint density at radius 3 is 2.81 bits per heavy atom. The molecule has 0 radical (unpaired) electrons. The zero-order valence-electron chi connectivity index (χ0n) is 20.4. The molecule has 2 heterocycles. The molecule has 2 aliphatic rings. The van der Waals surface area contributed by atoms with Crippen molar-refractivity contribution in [2.45, 2.75) is 46.6 Å². The van der Waals surface area contributed by atoms with Crippen LogP contribution in [0.3, 0.4) is 0 Å². The fraction of sp³-hybridized carbons (Fsp3) is 0.500. The SMILES string of the molecule is C=C/C(=C1/NC(=NCCN2CCCNC(C)C2)C=CN1C)c1cc(C)ccc1F.CCC. The lowest BCUT2D eigenvalue weighted by molar-refractivity contribution is 0.280. The van der Waals surface area contributed by atoms with Gasteiger partial charge in [0.1, 0.15) is 17.5 Å². The van der Waals surface area contributed by atoms with Crippen LogP contribution in [0.4, 0.5) is 4.39 Å². The lowest BCUT2D eigenvalue weighted by Gasteiger charge is -2.27. The number of benzene rings is 1. The molecule has 1 unspecified atom stereocenters. The van der Waals surface area contributed by atoms with E-state index in [-0.39, 0.29) is 5.82 Å². The fourth-order valence-corrected chi connectivity index (χ4v) is 3.75. The van der Waals surface area contributed by atoms with Gasteiger partial charge in [0.15, 0.2) is 0 Å². The quantitative estimate of drug-likeness (QED) is 0.704. The van der Waals surface area contributed by atoms with Crippen molar-refractivity contribution in [3.63, 3.8) is 0 Å². The van der Waals surface area contributed by atoms with E-state index in [2.05, 4.69) is 42.9 Å². The molecule has 0 aliphatic carbocycles. The minimum absolute atomic E-state index is 0.259. The molecule has 0 spiro atoms. The van der Waals surface area contributed by atoms with Gasteiger partial charge in [0, 0.05) is 43.5 Å². The van der Waals surface area contributed by atoms with Gasteiger partial charge in [-0.1, -0.05) is 44.6 Å². The Kier molecular flexibility index (Phi) is 10.6. The maximum absolute atomic E-state index is 14.5. The van der Waals surface area contributed by atoms with Crippen molar-refractivity contribution in [2.75, 3.05) is 39.8 Å². The van der Waals surface area contributed by atoms with Crippen LogP contribution >= 0.6 is 0 Å². The predicted molar refractivity (Wildman–Crippen MR) is 135 cm³/mol. The van der Waals surface area contributed by atoms with Gasteiger partial charge in [0.25, 0.3) is 0 Å². The van der Waals surface area contributed by atoms with Gasteiger partial charge < -0.3 is 15.5 Å². The summed E-state index contributed by atoms with van der Waals surface area (Å²) in [5.74, 6) is 1.30. The van der Waals surface area contributed by atoms with Gasteiger partial charge in [-0.3, -0.25) is 9.89 Å². The second-order valence-electron chi connectivity index (χ2n) is 8.48. The molecule has 2 N–H and O–H groups in total. The second kappa shape index (κ2) is 13.2. The van der Waals surface area contributed by atoms with E-state index in [1.54, 1.807) is 12.1 Å². The van der Waals surface area contributed by atoms with E-state index in [0.717, 1.165) is 55.5 Å². The first-order valence-corrected chi connectivity index (χ1v) is 11.7. The Hall–Kier alpha value is -2.44. The minimum atomic E-state index is -0.259. The summed E-state index contributed by atoms with van der Waals surface area (Å²) in [7, 11) is 1.93. The summed E-state index contributed by atoms with van der Waals surface area (Å²) < 4.78 is 14.5. The molecule has 3 rings (SSSR count). The molecule has 0 amide bonds. The molecule has 6 heteroatoms. The molecule has 0 aromatic heterocycles. The molecule has 32 heavy (non-hydrogen) atoms. The Morgan fingerprint density at radius 2 is 2.09 bits per heavy atom. The highest BCUT2D eigenvalue weighted by Crippen LogP contribution is 2.25. The molecule has 1 aromatic carbocycles. The van der Waals surface area contributed by atoms with Gasteiger partial charge in [-0.2, -0.15) is 0 Å². The van der Waals surface area contributed by atoms with Crippen LogP contribution in [0.15, 0.2) is 53.9 Å². The first-order chi connectivity index (χ1) is 15.4. The van der Waals surface area contributed by atoms with E-state index in [1.165, 1.54) is 18.9 Å². The van der Waals surface area contributed by atoms with Gasteiger partial charge in [-0.05, 0) is 51.6 Å². The number of hydrogen-bond acceptors (Lipinski definition) is 4. The number of amidine groups is 1. The third-order valence-corrected chi connectivity index (χ3v) is 5.30. The standard InChI is InChI=1S/C23H32FN5.C3H8/c1-5-19(20-15-17(2)7-8-21(20)24)23-27-22(9-13-28(23)4)26-11-14-29-12-6-10-25-18(3)16-29;1-3-2/h5,7-9,13,15,18,25H,1,6,10-12,14,16H2,2-4H3,(H,26,27);3H2,1-2H3/b23-19+;. The van der Waals surface area contributed by atoms with Gasteiger partial charge in [0.05, 0.1) is 6.54 Å². The monoisotopic (exact) mass is 441 g/mol. The minimum Gasteiger partial charge on any atom is -0.337 e. The molecule has 1 saturated heterocycles. The zero-order chi connectivity index (χ0) is 23.5. The smallest absolute Gasteiger partial charge is 0.131 e. The van der Waals surface area contributed by atoms with Gasteiger partial charge in [-0.15, -0.1) is 0 Å². The lowest BCUT2D eigenvalue weighted by atomic mass is 10.0. The van der Waals surface area contributed by atoms with Crippen molar-refractivity contribution in [2.24, 2.45) is 4.99 Å². The maximum Gasteiger partial charge on any atom is 0.131 e. The number of halogens is 1. The highest BCUT2D eigenvalue weighted by Gasteiger charge is 2.18. The average Bonchev–Trinajstić information content (AvgIpc) is 2.97. The summed E-state index contributed by atoms with van der Waals surface area (Å²) >= 11 is 0. The van der Waals surface area contributed by atoms with Crippen molar-refractivity contribution in [3.8, 4) is 0 Å². The van der Waals surface area contributed by atoms with Crippen molar-refractivity contribution in [1.82, 2.24) is 20.4 Å². The topological polar surface area (TPSA) is 42.9 Å². The number of allylic oxidation sites excluding steroid dienone is 2. The number of nitrogens with one attached hydrogen (secondary N) is 2. The van der Waals surface area contributed by atoms with Crippen molar-refractivity contribution >= 4 is 11.4 Å². The van der Waals surface area contributed by atoms with Crippen LogP contribution in [0.5, 0.6) is 0 Å². The molecular weight excluding hydrogens is 401 g/mol. The van der Waals surface area contributed by atoms with Crippen molar-refractivity contribution in [3.05, 3.63) is 65.9 Å². The van der Waals surface area contributed by atoms with Gasteiger partial charge >= 0.3 is 0 Å². The van der Waals surface area contributed by atoms with E-state index < -0.39 is 0 Å². The zero-order valence-corrected chi connectivity index (χ0v) is 20.4. The number of nitrogens with zero attached hydrogens (tertiary/aromatic N) is 3. The van der Waals surface area contributed by atoms with Crippen LogP contribution in [0, 0.1) is 12.7 Å². The fourth-order valence-electron chi connectivity index (χ4n) is 3.75. The van der Waals surface area contributed by atoms with E-state index in [0.29, 0.717) is 11.6 Å². The number of aryl methyl sites for hydroxylation is 1. The van der Waals surface area contributed by atoms with Gasteiger partial charge in [0.2, 0.25) is 0 Å². The predicted octanol–water partition coefficient (Wildman–Crippen LogP) is 4.54. The molecule has 2 aliphatic heterocycles. The summed E-state index contributed by atoms with van der Waals surface area (Å²) in [5.41, 5.74) is 2.26. The number of hydrogen-bond donors (Lipinski definition) is 2. The van der Waals surface area contributed by atoms with Gasteiger partial charge in [-0.25, -0.2) is 4.39 Å². The number of aliphatic imine (C=N–C) groups is 1. The number of rotatable bonds is 5. The van der Waals surface area contributed by atoms with E-state index in [1.807, 2.05) is 37.2 Å². The molecule has 1 aromatic rings. The largest absolute Gasteiger partial charge is 0.337 e. The summed E-state index contributed by atoms with van der Waals surface area (Å²) in [6, 6.07) is 5.63. The van der Waals surface area contributed by atoms with Crippen molar-refractivity contribution < 1.29 is 4.39 Å². The normalized spacial score (nSPS) is 22.0. The summed E-state index contributed by atoms with van der Waals surface area (Å²) in [4.78, 5) is 9.13. The van der Waals surface area contributed by atoms with Crippen LogP contribution in [0.2, 0.25) is 0 Å². The lowest BCUT2D eigenvalue weighted by Crippen LogP contribution is -2.37. The molecule has 0 saturated carbocycles. The second-order valence-corrected chi connectivity index (χ2v) is 8.48. The maximum atomic E-state index is 14.5. The van der Waals surface area contributed by atoms with E-state index in [9.17, 15) is 4.39 Å². The Bertz CT molecular complexity index is 843. The highest BCUT2D eigenvalue weighted by atomic mass is 19.1. The molecular formula is C26H40FN5. The third kappa shape index (κ3) is 7.61. The summed E-state index contributed by atoms with van der Waals surface area (Å²) in [6.45, 7) is 17.2. The van der Waals surface area contributed by atoms with Crippen molar-refractivity contribution in [1.29, 1.82) is 0 Å². The summed E-state index contributed by atoms with van der Waals surface area (Å²) in [6.07, 6.45) is 8.00. The van der Waals surface area contributed by atoms with Crippen LogP contribution in [-0.2, 0) is 0 Å². The van der Waals surface area contributed by atoms with Crippen LogP contribution in [0.1, 0.15) is 44.7 Å². The van der Waals surface area contributed by atoms with Crippen LogP contribution < -0.4 is 10.6 Å².